The van der Waals surface area contributed by atoms with Crippen LogP contribution in [-0.2, 0) is 16.6 Å². The van der Waals surface area contributed by atoms with Crippen LogP contribution in [0.3, 0.4) is 0 Å². The summed E-state index contributed by atoms with van der Waals surface area (Å²) in [7, 11) is 0. The van der Waals surface area contributed by atoms with Gasteiger partial charge in [-0.05, 0) is 78.3 Å². The Balaban J connectivity index is 1.38. The van der Waals surface area contributed by atoms with Crippen LogP contribution < -0.4 is 14.8 Å². The van der Waals surface area contributed by atoms with Crippen LogP contribution in [-0.4, -0.2) is 12.7 Å². The minimum Gasteiger partial charge on any atom is -0.454 e. The van der Waals surface area contributed by atoms with Crippen LogP contribution in [0.1, 0.15) is 42.9 Å². The minimum atomic E-state index is -0.478. The second kappa shape index (κ2) is 7.77. The maximum Gasteiger partial charge on any atom is 0.235 e. The van der Waals surface area contributed by atoms with Gasteiger partial charge in [0.25, 0.3) is 0 Å². The molecule has 0 unspecified atom stereocenters. The Morgan fingerprint density at radius 1 is 0.968 bits per heavy atom. The quantitative estimate of drug-likeness (QED) is 0.538. The monoisotopic (exact) mass is 413 g/mol. The molecule has 0 bridgehead atoms. The lowest BCUT2D eigenvalue weighted by Gasteiger charge is -2.17. The third-order valence-corrected chi connectivity index (χ3v) is 6.41. The molecule has 158 valence electrons. The summed E-state index contributed by atoms with van der Waals surface area (Å²) in [6.45, 7) is 4.54. The molecule has 0 saturated heterocycles. The summed E-state index contributed by atoms with van der Waals surface area (Å²) in [5.74, 6) is 1.51. The third kappa shape index (κ3) is 3.67. The van der Waals surface area contributed by atoms with Crippen LogP contribution in [0.2, 0.25) is 0 Å². The molecule has 1 amide bonds. The molecule has 4 heteroatoms. The zero-order valence-corrected chi connectivity index (χ0v) is 18.0. The summed E-state index contributed by atoms with van der Waals surface area (Å²) in [5, 5.41) is 3.17. The molecule has 1 fully saturated rings. The first-order valence-electron chi connectivity index (χ1n) is 11.0. The summed E-state index contributed by atoms with van der Waals surface area (Å²) in [6.07, 6.45) is 3.93. The first kappa shape index (κ1) is 19.7. The van der Waals surface area contributed by atoms with Crippen LogP contribution in [0.4, 0.5) is 5.69 Å². The number of fused-ring (bicyclic) bond motifs is 1. The van der Waals surface area contributed by atoms with Gasteiger partial charge in [0.15, 0.2) is 11.5 Å². The van der Waals surface area contributed by atoms with Crippen LogP contribution in [0.15, 0.2) is 60.7 Å². The minimum absolute atomic E-state index is 0.0412. The van der Waals surface area contributed by atoms with Crippen molar-refractivity contribution in [2.45, 2.75) is 44.9 Å². The number of aryl methyl sites for hydroxylation is 2. The Morgan fingerprint density at radius 2 is 1.74 bits per heavy atom. The first-order valence-corrected chi connectivity index (χ1v) is 11.0. The van der Waals surface area contributed by atoms with Gasteiger partial charge < -0.3 is 14.8 Å². The van der Waals surface area contributed by atoms with Gasteiger partial charge in [0, 0.05) is 5.69 Å². The summed E-state index contributed by atoms with van der Waals surface area (Å²) in [6, 6.07) is 20.7. The number of anilines is 1. The predicted molar refractivity (Wildman–Crippen MR) is 123 cm³/mol. The maximum atomic E-state index is 13.3. The number of benzene rings is 3. The van der Waals surface area contributed by atoms with E-state index in [9.17, 15) is 4.79 Å². The Kier molecular flexibility index (Phi) is 4.93. The number of ether oxygens (including phenoxy) is 2. The molecule has 0 spiro atoms. The Bertz CT molecular complexity index is 1130. The normalized spacial score (nSPS) is 15.5. The van der Waals surface area contributed by atoms with Gasteiger partial charge in [-0.1, -0.05) is 49.7 Å². The molecule has 31 heavy (non-hydrogen) atoms. The molecular formula is C27H27NO3. The Labute approximate surface area is 183 Å². The fraction of sp³-hybridized carbons (Fsp3) is 0.296. The molecule has 2 aliphatic rings. The lowest BCUT2D eigenvalue weighted by Crippen LogP contribution is -2.27. The van der Waals surface area contributed by atoms with Crippen LogP contribution in [0.5, 0.6) is 11.5 Å². The van der Waals surface area contributed by atoms with Gasteiger partial charge in [-0.2, -0.15) is 0 Å². The van der Waals surface area contributed by atoms with Gasteiger partial charge in [0.05, 0.1) is 5.41 Å². The zero-order valence-electron chi connectivity index (χ0n) is 18.0. The van der Waals surface area contributed by atoms with Crippen molar-refractivity contribution in [3.8, 4) is 22.6 Å². The highest BCUT2D eigenvalue weighted by molar-refractivity contribution is 6.02. The van der Waals surface area contributed by atoms with E-state index in [0.29, 0.717) is 0 Å². The number of hydrogen-bond acceptors (Lipinski definition) is 3. The molecule has 1 aliphatic heterocycles. The van der Waals surface area contributed by atoms with E-state index in [1.165, 1.54) is 16.7 Å². The number of carbonyl (C=O) groups is 1. The molecular weight excluding hydrogens is 386 g/mol. The first-order chi connectivity index (χ1) is 15.1. The standard InChI is InChI=1S/C27H27NO3/c1-3-4-19-6-8-20(9-7-19)23-16-22(11-5-18(23)2)28-26(29)27(13-14-27)21-10-12-24-25(15-21)31-17-30-24/h5-12,15-16H,3-4,13-14,17H2,1-2H3,(H,28,29). The molecule has 1 aliphatic carbocycles. The highest BCUT2D eigenvalue weighted by Crippen LogP contribution is 2.51. The van der Waals surface area contributed by atoms with Crippen molar-refractivity contribution in [1.82, 2.24) is 0 Å². The summed E-state index contributed by atoms with van der Waals surface area (Å²) >= 11 is 0. The average molecular weight is 414 g/mol. The summed E-state index contributed by atoms with van der Waals surface area (Å²) < 4.78 is 10.9. The molecule has 3 aromatic rings. The van der Waals surface area contributed by atoms with Gasteiger partial charge in [-0.3, -0.25) is 4.79 Å². The Hall–Kier alpha value is -3.27. The molecule has 3 aromatic carbocycles. The molecule has 4 nitrogen and oxygen atoms in total. The number of amides is 1. The second-order valence-corrected chi connectivity index (χ2v) is 8.58. The van der Waals surface area contributed by atoms with Gasteiger partial charge in [-0.15, -0.1) is 0 Å². The lowest BCUT2D eigenvalue weighted by atomic mass is 9.94. The van der Waals surface area contributed by atoms with E-state index in [4.69, 9.17) is 9.47 Å². The van der Waals surface area contributed by atoms with E-state index in [2.05, 4.69) is 55.6 Å². The molecule has 0 aromatic heterocycles. The van der Waals surface area contributed by atoms with Crippen molar-refractivity contribution >= 4 is 11.6 Å². The highest BCUT2D eigenvalue weighted by atomic mass is 16.7. The number of hydrogen-bond donors (Lipinski definition) is 1. The van der Waals surface area contributed by atoms with E-state index in [0.717, 1.165) is 54.0 Å². The predicted octanol–water partition coefficient (Wildman–Crippen LogP) is 6.01. The molecule has 0 radical (unpaired) electrons. The van der Waals surface area contributed by atoms with Crippen LogP contribution in [0, 0.1) is 6.92 Å². The molecule has 5 rings (SSSR count). The maximum absolute atomic E-state index is 13.3. The van der Waals surface area contributed by atoms with Crippen LogP contribution in [0.25, 0.3) is 11.1 Å². The van der Waals surface area contributed by atoms with Crippen molar-refractivity contribution in [2.24, 2.45) is 0 Å². The van der Waals surface area contributed by atoms with Crippen molar-refractivity contribution < 1.29 is 14.3 Å². The molecule has 1 N–H and O–H groups in total. The molecule has 0 atom stereocenters. The second-order valence-electron chi connectivity index (χ2n) is 8.58. The van der Waals surface area contributed by atoms with Gasteiger partial charge in [0.2, 0.25) is 12.7 Å². The van der Waals surface area contributed by atoms with Crippen molar-refractivity contribution in [3.63, 3.8) is 0 Å². The highest BCUT2D eigenvalue weighted by Gasteiger charge is 2.51. The van der Waals surface area contributed by atoms with E-state index in [-0.39, 0.29) is 12.7 Å². The number of rotatable bonds is 6. The van der Waals surface area contributed by atoms with Crippen molar-refractivity contribution in [1.29, 1.82) is 0 Å². The fourth-order valence-electron chi connectivity index (χ4n) is 4.37. The Morgan fingerprint density at radius 3 is 2.48 bits per heavy atom. The van der Waals surface area contributed by atoms with Crippen LogP contribution >= 0.6 is 0 Å². The average Bonchev–Trinajstić information content (AvgIpc) is 3.47. The lowest BCUT2D eigenvalue weighted by molar-refractivity contribution is -0.118. The largest absolute Gasteiger partial charge is 0.454 e. The summed E-state index contributed by atoms with van der Waals surface area (Å²) in [5.41, 5.74) is 6.21. The number of nitrogens with one attached hydrogen (secondary N) is 1. The van der Waals surface area contributed by atoms with E-state index in [1.807, 2.05) is 24.3 Å². The number of carbonyl (C=O) groups excluding carboxylic acids is 1. The van der Waals surface area contributed by atoms with Gasteiger partial charge >= 0.3 is 0 Å². The summed E-state index contributed by atoms with van der Waals surface area (Å²) in [4.78, 5) is 13.3. The zero-order chi connectivity index (χ0) is 21.4. The van der Waals surface area contributed by atoms with Gasteiger partial charge in [0.1, 0.15) is 0 Å². The van der Waals surface area contributed by atoms with E-state index < -0.39 is 5.41 Å². The SMILES string of the molecule is CCCc1ccc(-c2cc(NC(=O)C3(c4ccc5c(c4)OCO5)CC3)ccc2C)cc1. The fourth-order valence-corrected chi connectivity index (χ4v) is 4.37. The molecule has 1 saturated carbocycles. The smallest absolute Gasteiger partial charge is 0.235 e. The molecule has 1 heterocycles. The van der Waals surface area contributed by atoms with Crippen molar-refractivity contribution in [3.05, 3.63) is 77.4 Å². The van der Waals surface area contributed by atoms with Gasteiger partial charge in [-0.25, -0.2) is 0 Å². The van der Waals surface area contributed by atoms with E-state index >= 15 is 0 Å². The van der Waals surface area contributed by atoms with Crippen molar-refractivity contribution in [2.75, 3.05) is 12.1 Å². The topological polar surface area (TPSA) is 47.6 Å². The van der Waals surface area contributed by atoms with E-state index in [1.54, 1.807) is 0 Å². The third-order valence-electron chi connectivity index (χ3n) is 6.41.